The summed E-state index contributed by atoms with van der Waals surface area (Å²) in [6, 6.07) is 4.76. The lowest BCUT2D eigenvalue weighted by molar-refractivity contribution is 0.0511. The van der Waals surface area contributed by atoms with Crippen LogP contribution in [0.4, 0.5) is 4.79 Å². The van der Waals surface area contributed by atoms with Crippen molar-refractivity contribution in [2.75, 3.05) is 7.11 Å². The molecule has 6 nitrogen and oxygen atoms in total. The Hall–Kier alpha value is -2.37. The average Bonchev–Trinajstić information content (AvgIpc) is 2.33. The van der Waals surface area contributed by atoms with Crippen LogP contribution in [0, 0.1) is 0 Å². The lowest BCUT2D eigenvalue weighted by Crippen LogP contribution is -2.40. The molecule has 0 radical (unpaired) electrons. The zero-order chi connectivity index (χ0) is 15.3. The van der Waals surface area contributed by atoms with Crippen LogP contribution in [0.5, 0.6) is 11.5 Å². The molecule has 0 fully saturated rings. The zero-order valence-electron chi connectivity index (χ0n) is 12.1. The van der Waals surface area contributed by atoms with Gasteiger partial charge in [0.25, 0.3) is 0 Å². The summed E-state index contributed by atoms with van der Waals surface area (Å²) >= 11 is 0. The van der Waals surface area contributed by atoms with Crippen LogP contribution in [0.25, 0.3) is 5.70 Å². The minimum absolute atomic E-state index is 0.00663. The fourth-order valence-corrected chi connectivity index (χ4v) is 1.39. The molecule has 0 aliphatic heterocycles. The SMILES string of the molecule is C=C(NNC(=O)OC(C)(C)C)c1ccc(OC)cc1O. The van der Waals surface area contributed by atoms with Crippen molar-refractivity contribution in [1.82, 2.24) is 10.9 Å². The van der Waals surface area contributed by atoms with Crippen LogP contribution in [0.2, 0.25) is 0 Å². The molecule has 3 N–H and O–H groups in total. The number of phenols is 1. The number of amides is 1. The Kier molecular flexibility index (Phi) is 4.85. The highest BCUT2D eigenvalue weighted by molar-refractivity contribution is 5.72. The number of carbonyl (C=O) groups excluding carboxylic acids is 1. The van der Waals surface area contributed by atoms with Crippen LogP contribution in [0.1, 0.15) is 26.3 Å². The summed E-state index contributed by atoms with van der Waals surface area (Å²) in [5.74, 6) is 0.520. The normalized spacial score (nSPS) is 10.6. The molecule has 110 valence electrons. The quantitative estimate of drug-likeness (QED) is 0.738. The highest BCUT2D eigenvalue weighted by Crippen LogP contribution is 2.26. The van der Waals surface area contributed by atoms with Crippen molar-refractivity contribution in [3.8, 4) is 11.5 Å². The van der Waals surface area contributed by atoms with Gasteiger partial charge in [-0.05, 0) is 32.9 Å². The topological polar surface area (TPSA) is 79.8 Å². The number of rotatable bonds is 4. The van der Waals surface area contributed by atoms with Crippen LogP contribution in [0.3, 0.4) is 0 Å². The van der Waals surface area contributed by atoms with Crippen molar-refractivity contribution >= 4 is 11.8 Å². The minimum atomic E-state index is -0.633. The van der Waals surface area contributed by atoms with E-state index in [0.29, 0.717) is 17.0 Å². The van der Waals surface area contributed by atoms with Crippen LogP contribution < -0.4 is 15.6 Å². The van der Waals surface area contributed by atoms with Crippen molar-refractivity contribution in [3.63, 3.8) is 0 Å². The third kappa shape index (κ3) is 4.72. The molecular weight excluding hydrogens is 260 g/mol. The van der Waals surface area contributed by atoms with Crippen molar-refractivity contribution in [2.45, 2.75) is 26.4 Å². The molecule has 6 heteroatoms. The van der Waals surface area contributed by atoms with Gasteiger partial charge in [-0.3, -0.25) is 5.43 Å². The van der Waals surface area contributed by atoms with Gasteiger partial charge < -0.3 is 14.6 Å². The molecule has 0 bridgehead atoms. The lowest BCUT2D eigenvalue weighted by atomic mass is 10.1. The Bertz CT molecular complexity index is 506. The van der Waals surface area contributed by atoms with Gasteiger partial charge in [0.15, 0.2) is 0 Å². The molecule has 1 rings (SSSR count). The van der Waals surface area contributed by atoms with E-state index >= 15 is 0 Å². The first kappa shape index (κ1) is 15.7. The number of aromatic hydroxyl groups is 1. The summed E-state index contributed by atoms with van der Waals surface area (Å²) in [5, 5.41) is 9.82. The van der Waals surface area contributed by atoms with Gasteiger partial charge in [-0.2, -0.15) is 0 Å². The number of benzene rings is 1. The molecule has 0 aliphatic carbocycles. The number of hydrogen-bond acceptors (Lipinski definition) is 5. The van der Waals surface area contributed by atoms with E-state index < -0.39 is 11.7 Å². The molecule has 0 atom stereocenters. The maximum Gasteiger partial charge on any atom is 0.426 e. The third-order valence-corrected chi connectivity index (χ3v) is 2.24. The first-order valence-electron chi connectivity index (χ1n) is 6.04. The van der Waals surface area contributed by atoms with Crippen molar-refractivity contribution in [1.29, 1.82) is 0 Å². The second kappa shape index (κ2) is 6.18. The zero-order valence-corrected chi connectivity index (χ0v) is 12.1. The molecule has 20 heavy (non-hydrogen) atoms. The van der Waals surface area contributed by atoms with E-state index in [1.54, 1.807) is 32.9 Å². The minimum Gasteiger partial charge on any atom is -0.507 e. The van der Waals surface area contributed by atoms with Crippen LogP contribution in [-0.4, -0.2) is 23.9 Å². The molecule has 0 aliphatic rings. The summed E-state index contributed by atoms with van der Waals surface area (Å²) in [6.45, 7) is 9.01. The Labute approximate surface area is 118 Å². The Morgan fingerprint density at radius 1 is 1.30 bits per heavy atom. The van der Waals surface area contributed by atoms with Gasteiger partial charge >= 0.3 is 6.09 Å². The van der Waals surface area contributed by atoms with E-state index in [1.165, 1.54) is 13.2 Å². The van der Waals surface area contributed by atoms with Gasteiger partial charge in [0.2, 0.25) is 0 Å². The second-order valence-corrected chi connectivity index (χ2v) is 5.11. The molecule has 0 saturated heterocycles. The standard InChI is InChI=1S/C14H20N2O4/c1-9(15-16-13(18)20-14(2,3)4)11-7-6-10(19-5)8-12(11)17/h6-8,15,17H,1H2,2-5H3,(H,16,18). The van der Waals surface area contributed by atoms with E-state index in [9.17, 15) is 9.90 Å². The predicted molar refractivity (Wildman–Crippen MR) is 76.2 cm³/mol. The number of hydrogen-bond donors (Lipinski definition) is 3. The largest absolute Gasteiger partial charge is 0.507 e. The highest BCUT2D eigenvalue weighted by atomic mass is 16.6. The van der Waals surface area contributed by atoms with Crippen molar-refractivity contribution in [3.05, 3.63) is 30.3 Å². The van der Waals surface area contributed by atoms with Crippen LogP contribution >= 0.6 is 0 Å². The van der Waals surface area contributed by atoms with Gasteiger partial charge in [0, 0.05) is 11.6 Å². The summed E-state index contributed by atoms with van der Waals surface area (Å²) in [5.41, 5.74) is 5.11. The molecule has 0 saturated carbocycles. The Balaban J connectivity index is 2.61. The molecule has 0 aromatic heterocycles. The van der Waals surface area contributed by atoms with Gasteiger partial charge in [0.1, 0.15) is 17.1 Å². The number of phenolic OH excluding ortho intramolecular Hbond substituents is 1. The van der Waals surface area contributed by atoms with Crippen LogP contribution in [0.15, 0.2) is 24.8 Å². The molecule has 0 heterocycles. The number of nitrogens with one attached hydrogen (secondary N) is 2. The summed E-state index contributed by atoms with van der Waals surface area (Å²) in [7, 11) is 1.51. The first-order valence-corrected chi connectivity index (χ1v) is 6.04. The summed E-state index contributed by atoms with van der Waals surface area (Å²) in [6.07, 6.45) is -0.633. The molecule has 1 amide bonds. The van der Waals surface area contributed by atoms with Gasteiger partial charge in [-0.25, -0.2) is 10.2 Å². The molecule has 1 aromatic rings. The predicted octanol–water partition coefficient (Wildman–Crippen LogP) is 2.40. The monoisotopic (exact) mass is 280 g/mol. The maximum atomic E-state index is 11.5. The van der Waals surface area contributed by atoms with E-state index in [2.05, 4.69) is 17.4 Å². The fraction of sp³-hybridized carbons (Fsp3) is 0.357. The molecule has 0 spiro atoms. The second-order valence-electron chi connectivity index (χ2n) is 5.11. The third-order valence-electron chi connectivity index (χ3n) is 2.24. The number of ether oxygens (including phenoxy) is 2. The average molecular weight is 280 g/mol. The summed E-state index contributed by atoms with van der Waals surface area (Å²) < 4.78 is 10.0. The Morgan fingerprint density at radius 2 is 1.95 bits per heavy atom. The smallest absolute Gasteiger partial charge is 0.426 e. The number of carbonyl (C=O) groups is 1. The van der Waals surface area contributed by atoms with Gasteiger partial charge in [0.05, 0.1) is 12.8 Å². The molecule has 1 aromatic carbocycles. The Morgan fingerprint density at radius 3 is 2.45 bits per heavy atom. The summed E-state index contributed by atoms with van der Waals surface area (Å²) in [4.78, 5) is 11.5. The first-order chi connectivity index (χ1) is 9.23. The van der Waals surface area contributed by atoms with Gasteiger partial charge in [-0.1, -0.05) is 6.58 Å². The van der Waals surface area contributed by atoms with Crippen molar-refractivity contribution < 1.29 is 19.4 Å². The molecule has 0 unspecified atom stereocenters. The highest BCUT2D eigenvalue weighted by Gasteiger charge is 2.16. The van der Waals surface area contributed by atoms with E-state index in [0.717, 1.165) is 0 Å². The number of hydrazine groups is 1. The van der Waals surface area contributed by atoms with E-state index in [4.69, 9.17) is 9.47 Å². The van der Waals surface area contributed by atoms with Crippen LogP contribution in [-0.2, 0) is 4.74 Å². The molecular formula is C14H20N2O4. The maximum absolute atomic E-state index is 11.5. The van der Waals surface area contributed by atoms with E-state index in [-0.39, 0.29) is 5.75 Å². The van der Waals surface area contributed by atoms with E-state index in [1.807, 2.05) is 0 Å². The fourth-order valence-electron chi connectivity index (χ4n) is 1.39. The van der Waals surface area contributed by atoms with Gasteiger partial charge in [-0.15, -0.1) is 0 Å². The number of methoxy groups -OCH3 is 1. The lowest BCUT2D eigenvalue weighted by Gasteiger charge is -2.20. The van der Waals surface area contributed by atoms with Crippen molar-refractivity contribution in [2.24, 2.45) is 0 Å².